The first-order chi connectivity index (χ1) is 11.6. The summed E-state index contributed by atoms with van der Waals surface area (Å²) in [5, 5.41) is 4.80. The summed E-state index contributed by atoms with van der Waals surface area (Å²) in [4.78, 5) is 19.2. The molecule has 0 unspecified atom stereocenters. The Balaban J connectivity index is 2.10. The maximum atomic E-state index is 12.9. The van der Waals surface area contributed by atoms with Gasteiger partial charge in [-0.2, -0.15) is 5.10 Å². The predicted octanol–water partition coefficient (Wildman–Crippen LogP) is 3.21. The Kier molecular flexibility index (Phi) is 4.74. The summed E-state index contributed by atoms with van der Waals surface area (Å²) in [6.07, 6.45) is 1.49. The minimum atomic E-state index is -0.0978. The Hall–Kier alpha value is -2.50. The summed E-state index contributed by atoms with van der Waals surface area (Å²) in [6.45, 7) is 0.613. The second-order valence-corrected chi connectivity index (χ2v) is 6.12. The first-order valence-corrected chi connectivity index (χ1v) is 7.87. The first kappa shape index (κ1) is 16.4. The van der Waals surface area contributed by atoms with E-state index in [0.29, 0.717) is 28.4 Å². The average Bonchev–Trinajstić information content (AvgIpc) is 3.02. The number of hydrogen-bond donors (Lipinski definition) is 0. The van der Waals surface area contributed by atoms with Crippen LogP contribution in [0.2, 0.25) is 5.02 Å². The van der Waals surface area contributed by atoms with Crippen LogP contribution in [0.25, 0.3) is 5.69 Å². The molecule has 0 aliphatic rings. The highest BCUT2D eigenvalue weighted by molar-refractivity contribution is 6.31. The van der Waals surface area contributed by atoms with E-state index in [1.165, 1.54) is 6.33 Å². The number of benzene rings is 2. The molecule has 5 nitrogen and oxygen atoms in total. The Morgan fingerprint density at radius 1 is 1.17 bits per heavy atom. The van der Waals surface area contributed by atoms with E-state index in [9.17, 15) is 4.79 Å². The van der Waals surface area contributed by atoms with Gasteiger partial charge in [0.2, 0.25) is 0 Å². The summed E-state index contributed by atoms with van der Waals surface area (Å²) in [5.41, 5.74) is 1.78. The summed E-state index contributed by atoms with van der Waals surface area (Å²) < 4.78 is 1.69. The van der Waals surface area contributed by atoms with Crippen LogP contribution in [-0.2, 0) is 6.54 Å². The second-order valence-electron chi connectivity index (χ2n) is 5.68. The highest BCUT2D eigenvalue weighted by Gasteiger charge is 2.18. The number of nitrogens with zero attached hydrogens (tertiary/aromatic N) is 4. The van der Waals surface area contributed by atoms with Crippen molar-refractivity contribution in [2.45, 2.75) is 6.54 Å². The summed E-state index contributed by atoms with van der Waals surface area (Å²) in [7, 11) is 3.91. The van der Waals surface area contributed by atoms with E-state index >= 15 is 0 Å². The van der Waals surface area contributed by atoms with Crippen molar-refractivity contribution in [3.05, 3.63) is 76.8 Å². The number of halogens is 1. The minimum Gasteiger partial charge on any atom is -0.302 e. The van der Waals surface area contributed by atoms with Crippen molar-refractivity contribution in [2.24, 2.45) is 0 Å². The fraction of sp³-hybridized carbons (Fsp3) is 0.167. The molecule has 0 atom stereocenters. The number of hydrogen-bond acceptors (Lipinski definition) is 4. The SMILES string of the molecule is CN(C)Cc1ncnn1-c1ccc(Cl)cc1C(=O)c1ccccc1. The van der Waals surface area contributed by atoms with Crippen molar-refractivity contribution < 1.29 is 4.79 Å². The molecule has 24 heavy (non-hydrogen) atoms. The molecule has 0 fully saturated rings. The molecule has 0 radical (unpaired) electrons. The predicted molar refractivity (Wildman–Crippen MR) is 93.6 cm³/mol. The third-order valence-electron chi connectivity index (χ3n) is 3.54. The van der Waals surface area contributed by atoms with Gasteiger partial charge in [-0.15, -0.1) is 0 Å². The molecule has 0 spiro atoms. The van der Waals surface area contributed by atoms with Crippen LogP contribution < -0.4 is 0 Å². The van der Waals surface area contributed by atoms with Crippen molar-refractivity contribution in [3.63, 3.8) is 0 Å². The number of carbonyl (C=O) groups excluding carboxylic acids is 1. The minimum absolute atomic E-state index is 0.0978. The largest absolute Gasteiger partial charge is 0.302 e. The van der Waals surface area contributed by atoms with Crippen molar-refractivity contribution in [1.82, 2.24) is 19.7 Å². The van der Waals surface area contributed by atoms with Crippen molar-refractivity contribution in [3.8, 4) is 5.69 Å². The van der Waals surface area contributed by atoms with E-state index in [1.54, 1.807) is 35.0 Å². The van der Waals surface area contributed by atoms with E-state index < -0.39 is 0 Å². The van der Waals surface area contributed by atoms with Gasteiger partial charge in [-0.25, -0.2) is 9.67 Å². The number of carbonyl (C=O) groups is 1. The van der Waals surface area contributed by atoms with Crippen LogP contribution in [0.15, 0.2) is 54.9 Å². The lowest BCUT2D eigenvalue weighted by atomic mass is 10.0. The maximum Gasteiger partial charge on any atom is 0.195 e. The molecule has 0 amide bonds. The third kappa shape index (κ3) is 3.37. The monoisotopic (exact) mass is 340 g/mol. The molecule has 0 bridgehead atoms. The van der Waals surface area contributed by atoms with Crippen molar-refractivity contribution in [2.75, 3.05) is 14.1 Å². The topological polar surface area (TPSA) is 51.0 Å². The lowest BCUT2D eigenvalue weighted by Gasteiger charge is -2.14. The van der Waals surface area contributed by atoms with Gasteiger partial charge in [0.25, 0.3) is 0 Å². The fourth-order valence-corrected chi connectivity index (χ4v) is 2.65. The third-order valence-corrected chi connectivity index (χ3v) is 3.78. The Morgan fingerprint density at radius 2 is 1.92 bits per heavy atom. The molecule has 1 heterocycles. The molecule has 1 aromatic heterocycles. The van der Waals surface area contributed by atoms with Gasteiger partial charge in [0.05, 0.1) is 12.2 Å². The van der Waals surface area contributed by atoms with Gasteiger partial charge in [0.15, 0.2) is 5.78 Å². The van der Waals surface area contributed by atoms with E-state index in [0.717, 1.165) is 5.82 Å². The van der Waals surface area contributed by atoms with Gasteiger partial charge in [-0.1, -0.05) is 41.9 Å². The average molecular weight is 341 g/mol. The molecule has 0 aliphatic heterocycles. The van der Waals surface area contributed by atoms with E-state index in [4.69, 9.17) is 11.6 Å². The fourth-order valence-electron chi connectivity index (χ4n) is 2.48. The standard InChI is InChI=1S/C18H17ClN4O/c1-22(2)11-17-20-12-21-23(17)16-9-8-14(19)10-15(16)18(24)13-6-4-3-5-7-13/h3-10,12H,11H2,1-2H3. The van der Waals surface area contributed by atoms with E-state index in [2.05, 4.69) is 10.1 Å². The van der Waals surface area contributed by atoms with Crippen molar-refractivity contribution in [1.29, 1.82) is 0 Å². The normalized spacial score (nSPS) is 11.0. The second kappa shape index (κ2) is 6.95. The zero-order valence-corrected chi connectivity index (χ0v) is 14.2. The Bertz CT molecular complexity index is 858. The van der Waals surface area contributed by atoms with Gasteiger partial charge in [0.1, 0.15) is 12.2 Å². The van der Waals surface area contributed by atoms with Crippen molar-refractivity contribution >= 4 is 17.4 Å². The number of aromatic nitrogens is 3. The molecular weight excluding hydrogens is 324 g/mol. The van der Waals surface area contributed by atoms with Gasteiger partial charge in [0, 0.05) is 16.1 Å². The molecule has 6 heteroatoms. The van der Waals surface area contributed by atoms with Crippen LogP contribution >= 0.6 is 11.6 Å². The number of rotatable bonds is 5. The molecular formula is C18H17ClN4O. The summed E-state index contributed by atoms with van der Waals surface area (Å²) in [6, 6.07) is 14.3. The van der Waals surface area contributed by atoms with Crippen LogP contribution in [0, 0.1) is 0 Å². The van der Waals surface area contributed by atoms with Crippen LogP contribution in [-0.4, -0.2) is 39.5 Å². The van der Waals surface area contributed by atoms with E-state index in [-0.39, 0.29) is 5.78 Å². The quantitative estimate of drug-likeness (QED) is 0.669. The van der Waals surface area contributed by atoms with Crippen LogP contribution in [0.1, 0.15) is 21.7 Å². The van der Waals surface area contributed by atoms with Crippen LogP contribution in [0.5, 0.6) is 0 Å². The molecule has 2 aromatic carbocycles. The molecule has 0 saturated carbocycles. The van der Waals surface area contributed by atoms with Gasteiger partial charge >= 0.3 is 0 Å². The summed E-state index contributed by atoms with van der Waals surface area (Å²) >= 11 is 6.13. The summed E-state index contributed by atoms with van der Waals surface area (Å²) in [5.74, 6) is 0.656. The van der Waals surface area contributed by atoms with E-state index in [1.807, 2.05) is 37.2 Å². The molecule has 3 aromatic rings. The molecule has 3 rings (SSSR count). The first-order valence-electron chi connectivity index (χ1n) is 7.49. The molecule has 0 N–H and O–H groups in total. The molecule has 0 aliphatic carbocycles. The Labute approximate surface area is 145 Å². The lowest BCUT2D eigenvalue weighted by molar-refractivity contribution is 0.103. The number of ketones is 1. The van der Waals surface area contributed by atoms with Gasteiger partial charge in [-0.05, 0) is 32.3 Å². The maximum absolute atomic E-state index is 12.9. The van der Waals surface area contributed by atoms with Crippen LogP contribution in [0.3, 0.4) is 0 Å². The molecule has 0 saturated heterocycles. The zero-order chi connectivity index (χ0) is 17.1. The van der Waals surface area contributed by atoms with Gasteiger partial charge in [-0.3, -0.25) is 4.79 Å². The van der Waals surface area contributed by atoms with Gasteiger partial charge < -0.3 is 4.90 Å². The highest BCUT2D eigenvalue weighted by Crippen LogP contribution is 2.23. The molecule has 122 valence electrons. The highest BCUT2D eigenvalue weighted by atomic mass is 35.5. The lowest BCUT2D eigenvalue weighted by Crippen LogP contribution is -2.17. The van der Waals surface area contributed by atoms with Crippen LogP contribution in [0.4, 0.5) is 0 Å². The smallest absolute Gasteiger partial charge is 0.195 e. The Morgan fingerprint density at radius 3 is 2.62 bits per heavy atom. The zero-order valence-electron chi connectivity index (χ0n) is 13.5.